The zero-order chi connectivity index (χ0) is 30.6. The Morgan fingerprint density at radius 1 is 0.750 bits per heavy atom. The summed E-state index contributed by atoms with van der Waals surface area (Å²) in [6, 6.07) is 39.6. The highest BCUT2D eigenvalue weighted by Crippen LogP contribution is 2.41. The van der Waals surface area contributed by atoms with Crippen LogP contribution in [0.3, 0.4) is 0 Å². The van der Waals surface area contributed by atoms with Gasteiger partial charge in [0.2, 0.25) is 5.88 Å². The van der Waals surface area contributed by atoms with Crippen LogP contribution in [0.1, 0.15) is 26.3 Å². The third-order valence-corrected chi connectivity index (χ3v) is 13.0. The minimum Gasteiger partial charge on any atom is -0.486 e. The molecule has 7 heteroatoms. The van der Waals surface area contributed by atoms with E-state index in [0.29, 0.717) is 31.5 Å². The van der Waals surface area contributed by atoms with E-state index < -0.39 is 8.32 Å². The fourth-order valence-electron chi connectivity index (χ4n) is 5.91. The van der Waals surface area contributed by atoms with Gasteiger partial charge >= 0.3 is 0 Å². The molecule has 44 heavy (non-hydrogen) atoms. The monoisotopic (exact) mass is 602 g/mol. The molecule has 1 aromatic heterocycles. The highest BCUT2D eigenvalue weighted by molar-refractivity contribution is 6.99. The van der Waals surface area contributed by atoms with E-state index in [9.17, 15) is 0 Å². The molecule has 0 atom stereocenters. The predicted molar refractivity (Wildman–Crippen MR) is 179 cm³/mol. The molecule has 224 valence electrons. The number of methoxy groups -OCH3 is 1. The van der Waals surface area contributed by atoms with E-state index in [4.69, 9.17) is 23.6 Å². The predicted octanol–water partition coefficient (Wildman–Crippen LogP) is 7.35. The fourth-order valence-corrected chi connectivity index (χ4v) is 10.4. The second-order valence-corrected chi connectivity index (χ2v) is 16.2. The van der Waals surface area contributed by atoms with Gasteiger partial charge in [-0.1, -0.05) is 99.6 Å². The summed E-state index contributed by atoms with van der Waals surface area (Å²) in [5.74, 6) is 1.94. The molecule has 0 unspecified atom stereocenters. The number of fused-ring (bicyclic) bond motifs is 1. The third-order valence-electron chi connectivity index (χ3n) is 8.00. The van der Waals surface area contributed by atoms with Crippen molar-refractivity contribution in [3.05, 3.63) is 121 Å². The van der Waals surface area contributed by atoms with Crippen molar-refractivity contribution in [1.29, 1.82) is 0 Å². The van der Waals surface area contributed by atoms with Crippen LogP contribution < -0.4 is 29.9 Å². The molecule has 0 fully saturated rings. The summed E-state index contributed by atoms with van der Waals surface area (Å²) < 4.78 is 24.4. The number of nitrogens with one attached hydrogen (secondary N) is 1. The van der Waals surface area contributed by atoms with Gasteiger partial charge in [-0.2, -0.15) is 0 Å². The number of anilines is 2. The van der Waals surface area contributed by atoms with Crippen molar-refractivity contribution in [2.45, 2.75) is 32.4 Å². The standard InChI is InChI=1S/C37H38N2O4Si/c1-37(2,3)44(29-12-7-5-8-13-29,30-14-9-6-10-15-30)43-26-27-18-20-28(21-19-27)38-33-23-22-32(39-36(33)40-4)31-16-11-17-34-35(31)42-25-24-41-34/h5-23,38H,24-26H2,1-4H3. The molecule has 0 saturated carbocycles. The first kappa shape index (κ1) is 29.5. The smallest absolute Gasteiger partial charge is 0.261 e. The minimum atomic E-state index is -2.62. The lowest BCUT2D eigenvalue weighted by molar-refractivity contribution is 0.172. The van der Waals surface area contributed by atoms with Crippen LogP contribution in [0.15, 0.2) is 115 Å². The number of rotatable bonds is 9. The van der Waals surface area contributed by atoms with Crippen LogP contribution in [0.2, 0.25) is 5.04 Å². The quantitative estimate of drug-likeness (QED) is 0.178. The van der Waals surface area contributed by atoms with Crippen LogP contribution in [0.5, 0.6) is 17.4 Å². The molecular weight excluding hydrogens is 565 g/mol. The van der Waals surface area contributed by atoms with E-state index >= 15 is 0 Å². The van der Waals surface area contributed by atoms with Gasteiger partial charge in [0.05, 0.1) is 19.4 Å². The Bertz CT molecular complexity index is 1660. The molecule has 1 aliphatic rings. The molecule has 0 radical (unpaired) electrons. The Morgan fingerprint density at radius 2 is 1.41 bits per heavy atom. The van der Waals surface area contributed by atoms with Gasteiger partial charge in [0.25, 0.3) is 8.32 Å². The van der Waals surface area contributed by atoms with Crippen LogP contribution in [-0.2, 0) is 11.0 Å². The van der Waals surface area contributed by atoms with Crippen molar-refractivity contribution in [2.24, 2.45) is 0 Å². The second kappa shape index (κ2) is 12.6. The second-order valence-electron chi connectivity index (χ2n) is 11.9. The summed E-state index contributed by atoms with van der Waals surface area (Å²) in [5.41, 5.74) is 4.44. The molecule has 6 rings (SSSR count). The van der Waals surface area contributed by atoms with Gasteiger partial charge in [-0.25, -0.2) is 4.98 Å². The van der Waals surface area contributed by atoms with E-state index in [0.717, 1.165) is 33.9 Å². The summed E-state index contributed by atoms with van der Waals surface area (Å²) in [5, 5.41) is 5.93. The Balaban J connectivity index is 1.22. The Labute approximate surface area is 260 Å². The van der Waals surface area contributed by atoms with E-state index in [1.54, 1.807) is 7.11 Å². The van der Waals surface area contributed by atoms with Crippen molar-refractivity contribution < 1.29 is 18.6 Å². The maximum atomic E-state index is 7.11. The molecular formula is C37H38N2O4Si. The average Bonchev–Trinajstić information content (AvgIpc) is 3.06. The van der Waals surface area contributed by atoms with Crippen molar-refractivity contribution >= 4 is 30.1 Å². The van der Waals surface area contributed by atoms with Gasteiger partial charge in [0.1, 0.15) is 18.9 Å². The highest BCUT2D eigenvalue weighted by atomic mass is 28.4. The average molecular weight is 603 g/mol. The van der Waals surface area contributed by atoms with Gasteiger partial charge in [-0.15, -0.1) is 0 Å². The first-order chi connectivity index (χ1) is 21.4. The van der Waals surface area contributed by atoms with Gasteiger partial charge in [0.15, 0.2) is 11.5 Å². The maximum absolute atomic E-state index is 7.11. The molecule has 2 heterocycles. The van der Waals surface area contributed by atoms with Gasteiger partial charge in [-0.05, 0) is 57.4 Å². The van der Waals surface area contributed by atoms with Gasteiger partial charge in [-0.3, -0.25) is 0 Å². The molecule has 0 bridgehead atoms. The van der Waals surface area contributed by atoms with Crippen LogP contribution >= 0.6 is 0 Å². The van der Waals surface area contributed by atoms with Crippen molar-refractivity contribution in [3.63, 3.8) is 0 Å². The Kier molecular flexibility index (Phi) is 8.42. The van der Waals surface area contributed by atoms with Crippen molar-refractivity contribution in [3.8, 4) is 28.6 Å². The Hall–Kier alpha value is -4.59. The van der Waals surface area contributed by atoms with E-state index in [1.165, 1.54) is 10.4 Å². The molecule has 0 saturated heterocycles. The maximum Gasteiger partial charge on any atom is 0.261 e. The largest absolute Gasteiger partial charge is 0.486 e. The third kappa shape index (κ3) is 5.81. The zero-order valence-corrected chi connectivity index (χ0v) is 26.7. The van der Waals surface area contributed by atoms with Gasteiger partial charge in [0, 0.05) is 11.3 Å². The number of ether oxygens (including phenoxy) is 3. The normalized spacial score (nSPS) is 12.9. The molecule has 0 amide bonds. The van der Waals surface area contributed by atoms with Crippen LogP contribution in [-0.4, -0.2) is 33.6 Å². The van der Waals surface area contributed by atoms with E-state index in [-0.39, 0.29) is 5.04 Å². The number of benzene rings is 4. The number of para-hydroxylation sites is 1. The zero-order valence-electron chi connectivity index (χ0n) is 25.7. The molecule has 0 aliphatic carbocycles. The number of aromatic nitrogens is 1. The Morgan fingerprint density at radius 3 is 2.05 bits per heavy atom. The summed E-state index contributed by atoms with van der Waals surface area (Å²) in [4.78, 5) is 4.78. The lowest BCUT2D eigenvalue weighted by Gasteiger charge is -2.43. The molecule has 4 aromatic carbocycles. The molecule has 0 spiro atoms. The van der Waals surface area contributed by atoms with Crippen molar-refractivity contribution in [2.75, 3.05) is 25.6 Å². The number of nitrogens with zero attached hydrogens (tertiary/aromatic N) is 1. The lowest BCUT2D eigenvalue weighted by Crippen LogP contribution is -2.66. The molecule has 1 aliphatic heterocycles. The van der Waals surface area contributed by atoms with Crippen LogP contribution in [0.25, 0.3) is 11.3 Å². The number of hydrogen-bond donors (Lipinski definition) is 1. The molecule has 5 aromatic rings. The van der Waals surface area contributed by atoms with E-state index in [1.807, 2.05) is 30.3 Å². The number of hydrogen-bond acceptors (Lipinski definition) is 6. The lowest BCUT2D eigenvalue weighted by atomic mass is 10.1. The summed E-state index contributed by atoms with van der Waals surface area (Å²) in [6.45, 7) is 8.46. The van der Waals surface area contributed by atoms with Crippen LogP contribution in [0.4, 0.5) is 11.4 Å². The van der Waals surface area contributed by atoms with Gasteiger partial charge < -0.3 is 24.0 Å². The SMILES string of the molecule is COc1nc(-c2cccc3c2OCCO3)ccc1Nc1ccc(CO[Si](c2ccccc2)(c2ccccc2)C(C)(C)C)cc1. The topological polar surface area (TPSA) is 61.8 Å². The highest BCUT2D eigenvalue weighted by Gasteiger charge is 2.50. The minimum absolute atomic E-state index is 0.0783. The van der Waals surface area contributed by atoms with Crippen molar-refractivity contribution in [1.82, 2.24) is 4.98 Å². The van der Waals surface area contributed by atoms with Crippen LogP contribution in [0, 0.1) is 0 Å². The summed E-state index contributed by atoms with van der Waals surface area (Å²) >= 11 is 0. The number of pyridine rings is 1. The summed E-state index contributed by atoms with van der Waals surface area (Å²) in [7, 11) is -0.991. The summed E-state index contributed by atoms with van der Waals surface area (Å²) in [6.07, 6.45) is 0. The first-order valence-electron chi connectivity index (χ1n) is 14.9. The van der Waals surface area contributed by atoms with E-state index in [2.05, 4.69) is 111 Å². The first-order valence-corrected chi connectivity index (χ1v) is 16.8. The molecule has 6 nitrogen and oxygen atoms in total. The molecule has 1 N–H and O–H groups in total. The fraction of sp³-hybridized carbons (Fsp3) is 0.216.